The van der Waals surface area contributed by atoms with Crippen molar-refractivity contribution in [3.63, 3.8) is 0 Å². The molecule has 2 N–H and O–H groups in total. The number of likely N-dealkylation sites (tertiary alicyclic amines) is 1. The third-order valence-electron chi connectivity index (χ3n) is 3.81. The Kier molecular flexibility index (Phi) is 5.73. The summed E-state index contributed by atoms with van der Waals surface area (Å²) in [6, 6.07) is 8.90. The molecule has 1 aromatic rings. The second-order valence-corrected chi connectivity index (χ2v) is 5.49. The van der Waals surface area contributed by atoms with Crippen molar-refractivity contribution in [2.45, 2.75) is 19.3 Å². The van der Waals surface area contributed by atoms with Crippen molar-refractivity contribution < 1.29 is 9.90 Å². The summed E-state index contributed by atoms with van der Waals surface area (Å²) >= 11 is 0. The molecule has 1 heterocycles. The number of rotatable bonds is 5. The van der Waals surface area contributed by atoms with Crippen molar-refractivity contribution in [3.8, 4) is 6.07 Å². The Morgan fingerprint density at radius 2 is 2.19 bits per heavy atom. The molecular formula is C16H21N3O2. The van der Waals surface area contributed by atoms with Crippen molar-refractivity contribution in [2.75, 3.05) is 31.6 Å². The SMILES string of the molecule is N#Cc1ccc(NC(=O)CN2CCCC(CCO)C2)cc1. The second-order valence-electron chi connectivity index (χ2n) is 5.49. The standard InChI is InChI=1S/C16H21N3O2/c17-10-13-3-5-15(6-4-13)18-16(21)12-19-8-1-2-14(11-19)7-9-20/h3-6,14,20H,1-2,7-9,11-12H2,(H,18,21). The molecule has 1 fully saturated rings. The van der Waals surface area contributed by atoms with Crippen LogP contribution in [0.15, 0.2) is 24.3 Å². The number of benzene rings is 1. The van der Waals surface area contributed by atoms with E-state index in [0.29, 0.717) is 23.7 Å². The van der Waals surface area contributed by atoms with Gasteiger partial charge in [0.15, 0.2) is 0 Å². The topological polar surface area (TPSA) is 76.4 Å². The van der Waals surface area contributed by atoms with E-state index in [0.717, 1.165) is 32.4 Å². The highest BCUT2D eigenvalue weighted by molar-refractivity contribution is 5.92. The first-order chi connectivity index (χ1) is 10.2. The fourth-order valence-corrected chi connectivity index (χ4v) is 2.74. The third-order valence-corrected chi connectivity index (χ3v) is 3.81. The quantitative estimate of drug-likeness (QED) is 0.862. The number of anilines is 1. The summed E-state index contributed by atoms with van der Waals surface area (Å²) in [6.45, 7) is 2.40. The van der Waals surface area contributed by atoms with Crippen LogP contribution >= 0.6 is 0 Å². The average molecular weight is 287 g/mol. The normalized spacial score (nSPS) is 19.0. The number of nitrogens with zero attached hydrogens (tertiary/aromatic N) is 2. The fraction of sp³-hybridized carbons (Fsp3) is 0.500. The van der Waals surface area contributed by atoms with E-state index >= 15 is 0 Å². The van der Waals surface area contributed by atoms with Gasteiger partial charge < -0.3 is 10.4 Å². The van der Waals surface area contributed by atoms with E-state index in [1.807, 2.05) is 6.07 Å². The highest BCUT2D eigenvalue weighted by atomic mass is 16.3. The highest BCUT2D eigenvalue weighted by Crippen LogP contribution is 2.19. The smallest absolute Gasteiger partial charge is 0.238 e. The summed E-state index contributed by atoms with van der Waals surface area (Å²) in [5.41, 5.74) is 1.29. The molecule has 1 unspecified atom stereocenters. The van der Waals surface area contributed by atoms with Gasteiger partial charge in [0.25, 0.3) is 0 Å². The fourth-order valence-electron chi connectivity index (χ4n) is 2.74. The molecule has 5 heteroatoms. The number of amides is 1. The van der Waals surface area contributed by atoms with Gasteiger partial charge in [0.2, 0.25) is 5.91 Å². The number of piperidine rings is 1. The highest BCUT2D eigenvalue weighted by Gasteiger charge is 2.21. The third kappa shape index (κ3) is 4.85. The molecule has 1 aliphatic rings. The maximum atomic E-state index is 12.0. The second kappa shape index (κ2) is 7.77. The molecule has 0 spiro atoms. The van der Waals surface area contributed by atoms with Gasteiger partial charge in [-0.15, -0.1) is 0 Å². The van der Waals surface area contributed by atoms with Crippen molar-refractivity contribution >= 4 is 11.6 Å². The van der Waals surface area contributed by atoms with Gasteiger partial charge in [-0.2, -0.15) is 5.26 Å². The molecule has 0 aliphatic carbocycles. The average Bonchev–Trinajstić information content (AvgIpc) is 2.48. The lowest BCUT2D eigenvalue weighted by atomic mass is 9.95. The summed E-state index contributed by atoms with van der Waals surface area (Å²) in [4.78, 5) is 14.2. The van der Waals surface area contributed by atoms with E-state index in [2.05, 4.69) is 10.2 Å². The molecular weight excluding hydrogens is 266 g/mol. The van der Waals surface area contributed by atoms with Gasteiger partial charge in [0.05, 0.1) is 18.2 Å². The predicted molar refractivity (Wildman–Crippen MR) is 80.7 cm³/mol. The number of carbonyl (C=O) groups excluding carboxylic acids is 1. The maximum Gasteiger partial charge on any atom is 0.238 e. The molecule has 1 aliphatic heterocycles. The van der Waals surface area contributed by atoms with Crippen molar-refractivity contribution in [1.82, 2.24) is 4.90 Å². The largest absolute Gasteiger partial charge is 0.396 e. The minimum Gasteiger partial charge on any atom is -0.396 e. The van der Waals surface area contributed by atoms with Crippen LogP contribution in [0.25, 0.3) is 0 Å². The van der Waals surface area contributed by atoms with Crippen molar-refractivity contribution in [1.29, 1.82) is 5.26 Å². The van der Waals surface area contributed by atoms with Gasteiger partial charge in [-0.25, -0.2) is 0 Å². The maximum absolute atomic E-state index is 12.0. The molecule has 0 aromatic heterocycles. The monoisotopic (exact) mass is 287 g/mol. The van der Waals surface area contributed by atoms with Gasteiger partial charge in [0, 0.05) is 18.8 Å². The van der Waals surface area contributed by atoms with Gasteiger partial charge >= 0.3 is 0 Å². The van der Waals surface area contributed by atoms with E-state index in [4.69, 9.17) is 10.4 Å². The van der Waals surface area contributed by atoms with Crippen molar-refractivity contribution in [2.24, 2.45) is 5.92 Å². The van der Waals surface area contributed by atoms with Crippen LogP contribution in [0.5, 0.6) is 0 Å². The number of nitrogens with one attached hydrogen (secondary N) is 1. The summed E-state index contributed by atoms with van der Waals surface area (Å²) in [5.74, 6) is 0.454. The molecule has 0 saturated carbocycles. The number of aliphatic hydroxyl groups excluding tert-OH is 1. The summed E-state index contributed by atoms with van der Waals surface area (Å²) in [7, 11) is 0. The Morgan fingerprint density at radius 3 is 2.86 bits per heavy atom. The van der Waals surface area contributed by atoms with Crippen LogP contribution in [-0.2, 0) is 4.79 Å². The molecule has 5 nitrogen and oxygen atoms in total. The Balaban J connectivity index is 1.82. The Hall–Kier alpha value is -1.90. The first-order valence-corrected chi connectivity index (χ1v) is 7.34. The molecule has 0 bridgehead atoms. The zero-order valence-electron chi connectivity index (χ0n) is 12.1. The van der Waals surface area contributed by atoms with Crippen LogP contribution < -0.4 is 5.32 Å². The Morgan fingerprint density at radius 1 is 1.43 bits per heavy atom. The molecule has 1 amide bonds. The van der Waals surface area contributed by atoms with Gasteiger partial charge in [-0.3, -0.25) is 9.69 Å². The van der Waals surface area contributed by atoms with E-state index in [9.17, 15) is 4.79 Å². The number of carbonyl (C=O) groups is 1. The van der Waals surface area contributed by atoms with E-state index < -0.39 is 0 Å². The minimum absolute atomic E-state index is 0.0376. The number of hydrogen-bond donors (Lipinski definition) is 2. The predicted octanol–water partition coefficient (Wildman–Crippen LogP) is 1.59. The lowest BCUT2D eigenvalue weighted by molar-refractivity contribution is -0.117. The molecule has 1 atom stereocenters. The number of aliphatic hydroxyl groups is 1. The first-order valence-electron chi connectivity index (χ1n) is 7.34. The van der Waals surface area contributed by atoms with Crippen LogP contribution in [-0.4, -0.2) is 42.2 Å². The first kappa shape index (κ1) is 15.5. The van der Waals surface area contributed by atoms with Crippen LogP contribution in [0.1, 0.15) is 24.8 Å². The van der Waals surface area contributed by atoms with E-state index in [-0.39, 0.29) is 12.5 Å². The molecule has 2 rings (SSSR count). The van der Waals surface area contributed by atoms with E-state index in [1.165, 1.54) is 0 Å². The lowest BCUT2D eigenvalue weighted by Gasteiger charge is -2.31. The lowest BCUT2D eigenvalue weighted by Crippen LogP contribution is -2.40. The zero-order valence-corrected chi connectivity index (χ0v) is 12.1. The summed E-state index contributed by atoms with van der Waals surface area (Å²) < 4.78 is 0. The molecule has 1 aromatic carbocycles. The van der Waals surface area contributed by atoms with Crippen LogP contribution in [0.3, 0.4) is 0 Å². The molecule has 1 saturated heterocycles. The minimum atomic E-state index is -0.0376. The van der Waals surface area contributed by atoms with Gasteiger partial charge in [0.1, 0.15) is 0 Å². The van der Waals surface area contributed by atoms with Crippen LogP contribution in [0, 0.1) is 17.2 Å². The van der Waals surface area contributed by atoms with Crippen LogP contribution in [0.4, 0.5) is 5.69 Å². The van der Waals surface area contributed by atoms with Crippen molar-refractivity contribution in [3.05, 3.63) is 29.8 Å². The Labute approximate surface area is 125 Å². The van der Waals surface area contributed by atoms with Crippen LogP contribution in [0.2, 0.25) is 0 Å². The molecule has 0 radical (unpaired) electrons. The Bertz CT molecular complexity index is 505. The van der Waals surface area contributed by atoms with E-state index in [1.54, 1.807) is 24.3 Å². The summed E-state index contributed by atoms with van der Waals surface area (Å²) in [6.07, 6.45) is 3.02. The van der Waals surface area contributed by atoms with Gasteiger partial charge in [-0.05, 0) is 56.0 Å². The number of hydrogen-bond acceptors (Lipinski definition) is 4. The summed E-state index contributed by atoms with van der Waals surface area (Å²) in [5, 5.41) is 20.6. The van der Waals surface area contributed by atoms with Gasteiger partial charge in [-0.1, -0.05) is 0 Å². The molecule has 21 heavy (non-hydrogen) atoms. The molecule has 112 valence electrons. The zero-order chi connectivity index (χ0) is 15.1. The number of nitriles is 1.